The number of carbonyl (C=O) groups excluding carboxylic acids is 1. The van der Waals surface area contributed by atoms with Gasteiger partial charge in [0.2, 0.25) is 0 Å². The highest BCUT2D eigenvalue weighted by molar-refractivity contribution is 6.33. The molecule has 1 aromatic rings. The van der Waals surface area contributed by atoms with Crippen molar-refractivity contribution in [2.24, 2.45) is 5.92 Å². The van der Waals surface area contributed by atoms with Crippen molar-refractivity contribution in [1.29, 1.82) is 0 Å². The minimum absolute atomic E-state index is 0.0702. The number of anilines is 1. The predicted octanol–water partition coefficient (Wildman–Crippen LogP) is 3.04. The molecule has 1 aliphatic rings. The Kier molecular flexibility index (Phi) is 4.64. The Morgan fingerprint density at radius 3 is 2.79 bits per heavy atom. The van der Waals surface area contributed by atoms with E-state index < -0.39 is 0 Å². The average Bonchev–Trinajstić information content (AvgIpc) is 3.22. The van der Waals surface area contributed by atoms with Crippen LogP contribution in [-0.2, 0) is 0 Å². The number of nitrogens with one attached hydrogen (secondary N) is 1. The summed E-state index contributed by atoms with van der Waals surface area (Å²) in [5.74, 6) is 1.29. The topological polar surface area (TPSA) is 45.2 Å². The minimum atomic E-state index is -0.0702. The average molecular weight is 282 g/mol. The molecule has 1 heterocycles. The van der Waals surface area contributed by atoms with Crippen molar-refractivity contribution < 1.29 is 4.79 Å². The number of pyridine rings is 1. The molecule has 0 saturated heterocycles. The predicted molar refractivity (Wildman–Crippen MR) is 77.7 cm³/mol. The third-order valence-corrected chi connectivity index (χ3v) is 3.56. The van der Waals surface area contributed by atoms with E-state index in [1.807, 2.05) is 18.7 Å². The first-order valence-corrected chi connectivity index (χ1v) is 7.23. The summed E-state index contributed by atoms with van der Waals surface area (Å²) in [4.78, 5) is 18.6. The van der Waals surface area contributed by atoms with Gasteiger partial charge in [0, 0.05) is 19.6 Å². The zero-order chi connectivity index (χ0) is 13.8. The Balaban J connectivity index is 2.17. The highest BCUT2D eigenvalue weighted by Crippen LogP contribution is 2.30. The summed E-state index contributed by atoms with van der Waals surface area (Å²) in [5.41, 5.74) is 0.350. The molecule has 5 heteroatoms. The fourth-order valence-electron chi connectivity index (χ4n) is 1.99. The van der Waals surface area contributed by atoms with Crippen LogP contribution < -0.4 is 5.32 Å². The molecule has 0 spiro atoms. The number of hydrogen-bond acceptors (Lipinski definition) is 3. The number of halogens is 1. The first-order valence-electron chi connectivity index (χ1n) is 6.85. The Labute approximate surface area is 119 Å². The van der Waals surface area contributed by atoms with Crippen LogP contribution in [0.3, 0.4) is 0 Å². The summed E-state index contributed by atoms with van der Waals surface area (Å²) in [7, 11) is 0. The SMILES string of the molecule is CCNc1ccc(Cl)c(C(=O)N(CC)CC2CC2)n1. The number of aromatic nitrogens is 1. The molecule has 0 bridgehead atoms. The number of hydrogen-bond donors (Lipinski definition) is 1. The molecule has 0 aromatic carbocycles. The fraction of sp³-hybridized carbons (Fsp3) is 0.571. The smallest absolute Gasteiger partial charge is 0.274 e. The first kappa shape index (κ1) is 14.1. The van der Waals surface area contributed by atoms with E-state index in [1.54, 1.807) is 12.1 Å². The van der Waals surface area contributed by atoms with Gasteiger partial charge in [0.15, 0.2) is 0 Å². The molecule has 104 valence electrons. The van der Waals surface area contributed by atoms with Crippen LogP contribution in [0.5, 0.6) is 0 Å². The lowest BCUT2D eigenvalue weighted by Crippen LogP contribution is -2.33. The molecule has 1 aromatic heterocycles. The molecule has 1 fully saturated rings. The maximum atomic E-state index is 12.5. The zero-order valence-corrected chi connectivity index (χ0v) is 12.2. The quantitative estimate of drug-likeness (QED) is 0.872. The van der Waals surface area contributed by atoms with Crippen molar-refractivity contribution in [3.05, 3.63) is 22.8 Å². The lowest BCUT2D eigenvalue weighted by Gasteiger charge is -2.21. The summed E-state index contributed by atoms with van der Waals surface area (Å²) in [5, 5.41) is 3.52. The van der Waals surface area contributed by atoms with Gasteiger partial charge >= 0.3 is 0 Å². The second kappa shape index (κ2) is 6.24. The van der Waals surface area contributed by atoms with Crippen molar-refractivity contribution in [2.45, 2.75) is 26.7 Å². The third-order valence-electron chi connectivity index (χ3n) is 3.25. The monoisotopic (exact) mass is 281 g/mol. The third kappa shape index (κ3) is 3.60. The minimum Gasteiger partial charge on any atom is -0.370 e. The Morgan fingerprint density at radius 1 is 1.47 bits per heavy atom. The van der Waals surface area contributed by atoms with Gasteiger partial charge in [-0.15, -0.1) is 0 Å². The van der Waals surface area contributed by atoms with Crippen molar-refractivity contribution in [3.8, 4) is 0 Å². The summed E-state index contributed by atoms with van der Waals surface area (Å²) in [6.45, 7) is 6.25. The zero-order valence-electron chi connectivity index (χ0n) is 11.4. The second-order valence-corrected chi connectivity index (χ2v) is 5.25. The molecular formula is C14H20ClN3O. The Hall–Kier alpha value is -1.29. The lowest BCUT2D eigenvalue weighted by molar-refractivity contribution is 0.0751. The van der Waals surface area contributed by atoms with Crippen LogP contribution in [0.1, 0.15) is 37.2 Å². The highest BCUT2D eigenvalue weighted by Gasteiger charge is 2.27. The molecule has 19 heavy (non-hydrogen) atoms. The molecule has 4 nitrogen and oxygen atoms in total. The van der Waals surface area contributed by atoms with Crippen LogP contribution >= 0.6 is 11.6 Å². The molecule has 1 saturated carbocycles. The Bertz CT molecular complexity index is 460. The summed E-state index contributed by atoms with van der Waals surface area (Å²) in [6, 6.07) is 3.52. The van der Waals surface area contributed by atoms with Gasteiger partial charge in [-0.1, -0.05) is 11.6 Å². The highest BCUT2D eigenvalue weighted by atomic mass is 35.5. The molecule has 0 atom stereocenters. The largest absolute Gasteiger partial charge is 0.370 e. The number of nitrogens with zero attached hydrogens (tertiary/aromatic N) is 2. The van der Waals surface area contributed by atoms with E-state index in [9.17, 15) is 4.79 Å². The lowest BCUT2D eigenvalue weighted by atomic mass is 10.2. The molecule has 2 rings (SSSR count). The van der Waals surface area contributed by atoms with E-state index in [2.05, 4.69) is 10.3 Å². The van der Waals surface area contributed by atoms with Crippen molar-refractivity contribution in [1.82, 2.24) is 9.88 Å². The molecule has 1 N–H and O–H groups in total. The van der Waals surface area contributed by atoms with Crippen LogP contribution in [0.4, 0.5) is 5.82 Å². The van der Waals surface area contributed by atoms with Gasteiger partial charge in [-0.25, -0.2) is 4.98 Å². The summed E-state index contributed by atoms with van der Waals surface area (Å²) in [6.07, 6.45) is 2.45. The van der Waals surface area contributed by atoms with Crippen molar-refractivity contribution in [3.63, 3.8) is 0 Å². The molecule has 0 unspecified atom stereocenters. The van der Waals surface area contributed by atoms with E-state index in [0.717, 1.165) is 13.1 Å². The fourth-order valence-corrected chi connectivity index (χ4v) is 2.18. The summed E-state index contributed by atoms with van der Waals surface area (Å²) < 4.78 is 0. The normalized spacial score (nSPS) is 14.3. The molecule has 0 aliphatic heterocycles. The molecule has 1 aliphatic carbocycles. The first-order chi connectivity index (χ1) is 9.15. The van der Waals surface area contributed by atoms with E-state index in [-0.39, 0.29) is 5.91 Å². The second-order valence-electron chi connectivity index (χ2n) is 4.84. The Morgan fingerprint density at radius 2 is 2.21 bits per heavy atom. The van der Waals surface area contributed by atoms with Gasteiger partial charge in [-0.3, -0.25) is 4.79 Å². The molecule has 1 amide bonds. The van der Waals surface area contributed by atoms with E-state index in [4.69, 9.17) is 11.6 Å². The van der Waals surface area contributed by atoms with Gasteiger partial charge in [0.1, 0.15) is 11.5 Å². The van der Waals surface area contributed by atoms with E-state index in [0.29, 0.717) is 29.0 Å². The molecule has 0 radical (unpaired) electrons. The van der Waals surface area contributed by atoms with Gasteiger partial charge in [-0.05, 0) is 44.7 Å². The van der Waals surface area contributed by atoms with Gasteiger partial charge in [0.25, 0.3) is 5.91 Å². The van der Waals surface area contributed by atoms with Crippen LogP contribution in [0.25, 0.3) is 0 Å². The van der Waals surface area contributed by atoms with E-state index >= 15 is 0 Å². The van der Waals surface area contributed by atoms with Crippen molar-refractivity contribution in [2.75, 3.05) is 25.0 Å². The van der Waals surface area contributed by atoms with Crippen LogP contribution in [0, 0.1) is 5.92 Å². The summed E-state index contributed by atoms with van der Waals surface area (Å²) >= 11 is 6.11. The number of amides is 1. The van der Waals surface area contributed by atoms with Gasteiger partial charge in [-0.2, -0.15) is 0 Å². The van der Waals surface area contributed by atoms with Crippen LogP contribution in [-0.4, -0.2) is 35.4 Å². The maximum Gasteiger partial charge on any atom is 0.274 e. The van der Waals surface area contributed by atoms with Crippen molar-refractivity contribution >= 4 is 23.3 Å². The van der Waals surface area contributed by atoms with Gasteiger partial charge in [0.05, 0.1) is 5.02 Å². The standard InChI is InChI=1S/C14H20ClN3O/c1-3-16-12-8-7-11(15)13(17-12)14(19)18(4-2)9-10-5-6-10/h7-8,10H,3-6,9H2,1-2H3,(H,16,17). The molecular weight excluding hydrogens is 262 g/mol. The van der Waals surface area contributed by atoms with E-state index in [1.165, 1.54) is 12.8 Å². The van der Waals surface area contributed by atoms with Crippen LogP contribution in [0.2, 0.25) is 5.02 Å². The van der Waals surface area contributed by atoms with Gasteiger partial charge < -0.3 is 10.2 Å². The number of carbonyl (C=O) groups is 1. The number of rotatable bonds is 6. The van der Waals surface area contributed by atoms with Crippen LogP contribution in [0.15, 0.2) is 12.1 Å². The maximum absolute atomic E-state index is 12.5.